The standard InChI is InChI=1S/C12H18N6/c1-9-6-11(17-12(13-2)16-9)14-5-4-10-7-15-18(3)8-10/h6-8H,4-5H2,1-3H3,(H2,13,14,16,17). The maximum Gasteiger partial charge on any atom is 0.224 e. The largest absolute Gasteiger partial charge is 0.370 e. The highest BCUT2D eigenvalue weighted by Gasteiger charge is 2.01. The quantitative estimate of drug-likeness (QED) is 0.830. The molecule has 0 fully saturated rings. The zero-order chi connectivity index (χ0) is 13.0. The van der Waals surface area contributed by atoms with Crippen LogP contribution in [0.4, 0.5) is 11.8 Å². The van der Waals surface area contributed by atoms with Crippen LogP contribution in [0.15, 0.2) is 18.5 Å². The molecule has 2 N–H and O–H groups in total. The Bertz CT molecular complexity index is 519. The van der Waals surface area contributed by atoms with Crippen molar-refractivity contribution in [2.24, 2.45) is 7.05 Å². The third-order valence-electron chi connectivity index (χ3n) is 2.56. The van der Waals surface area contributed by atoms with E-state index in [0.717, 1.165) is 24.5 Å². The molecule has 6 heteroatoms. The van der Waals surface area contributed by atoms with E-state index in [9.17, 15) is 0 Å². The fourth-order valence-electron chi connectivity index (χ4n) is 1.71. The van der Waals surface area contributed by atoms with Crippen molar-refractivity contribution < 1.29 is 0 Å². The van der Waals surface area contributed by atoms with Gasteiger partial charge in [0.25, 0.3) is 0 Å². The fourth-order valence-corrected chi connectivity index (χ4v) is 1.71. The zero-order valence-corrected chi connectivity index (χ0v) is 10.9. The summed E-state index contributed by atoms with van der Waals surface area (Å²) in [6.07, 6.45) is 4.82. The lowest BCUT2D eigenvalue weighted by atomic mass is 10.2. The van der Waals surface area contributed by atoms with E-state index in [2.05, 4.69) is 25.7 Å². The molecule has 2 aromatic rings. The highest BCUT2D eigenvalue weighted by Crippen LogP contribution is 2.09. The van der Waals surface area contributed by atoms with Crippen LogP contribution in [0.3, 0.4) is 0 Å². The highest BCUT2D eigenvalue weighted by molar-refractivity contribution is 5.41. The molecule has 2 aromatic heterocycles. The maximum absolute atomic E-state index is 4.33. The van der Waals surface area contributed by atoms with Gasteiger partial charge in [0.15, 0.2) is 0 Å². The van der Waals surface area contributed by atoms with Gasteiger partial charge in [-0.2, -0.15) is 10.1 Å². The Kier molecular flexibility index (Phi) is 3.76. The predicted octanol–water partition coefficient (Wildman–Crippen LogP) is 1.21. The van der Waals surface area contributed by atoms with E-state index in [1.807, 2.05) is 44.2 Å². The molecule has 0 aliphatic carbocycles. The lowest BCUT2D eigenvalue weighted by molar-refractivity contribution is 0.767. The van der Waals surface area contributed by atoms with Gasteiger partial charge in [-0.15, -0.1) is 0 Å². The van der Waals surface area contributed by atoms with Crippen molar-refractivity contribution in [3.05, 3.63) is 29.7 Å². The van der Waals surface area contributed by atoms with Crippen LogP contribution in [0.1, 0.15) is 11.3 Å². The van der Waals surface area contributed by atoms with Crippen LogP contribution in [0.25, 0.3) is 0 Å². The van der Waals surface area contributed by atoms with Gasteiger partial charge in [-0.3, -0.25) is 4.68 Å². The van der Waals surface area contributed by atoms with Crippen molar-refractivity contribution in [1.29, 1.82) is 0 Å². The molecular formula is C12H18N6. The lowest BCUT2D eigenvalue weighted by Gasteiger charge is -2.07. The Morgan fingerprint density at radius 3 is 2.83 bits per heavy atom. The molecule has 0 amide bonds. The first-order valence-corrected chi connectivity index (χ1v) is 5.92. The van der Waals surface area contributed by atoms with Crippen LogP contribution in [0.5, 0.6) is 0 Å². The van der Waals surface area contributed by atoms with Crippen LogP contribution in [0.2, 0.25) is 0 Å². The third kappa shape index (κ3) is 3.19. The van der Waals surface area contributed by atoms with Crippen LogP contribution in [-0.4, -0.2) is 33.3 Å². The molecule has 0 unspecified atom stereocenters. The summed E-state index contributed by atoms with van der Waals surface area (Å²) >= 11 is 0. The molecule has 2 rings (SSSR count). The van der Waals surface area contributed by atoms with E-state index in [1.54, 1.807) is 0 Å². The fraction of sp³-hybridized carbons (Fsp3) is 0.417. The number of nitrogens with one attached hydrogen (secondary N) is 2. The molecule has 0 radical (unpaired) electrons. The normalized spacial score (nSPS) is 10.4. The van der Waals surface area contributed by atoms with Crippen molar-refractivity contribution in [3.63, 3.8) is 0 Å². The van der Waals surface area contributed by atoms with Gasteiger partial charge in [-0.25, -0.2) is 4.98 Å². The Hall–Kier alpha value is -2.11. The molecule has 18 heavy (non-hydrogen) atoms. The molecule has 6 nitrogen and oxygen atoms in total. The lowest BCUT2D eigenvalue weighted by Crippen LogP contribution is -2.08. The molecule has 0 aliphatic heterocycles. The van der Waals surface area contributed by atoms with E-state index in [-0.39, 0.29) is 0 Å². The monoisotopic (exact) mass is 246 g/mol. The van der Waals surface area contributed by atoms with Gasteiger partial charge in [0.2, 0.25) is 5.95 Å². The van der Waals surface area contributed by atoms with Gasteiger partial charge in [0.1, 0.15) is 5.82 Å². The highest BCUT2D eigenvalue weighted by atomic mass is 15.2. The smallest absolute Gasteiger partial charge is 0.224 e. The van der Waals surface area contributed by atoms with Crippen molar-refractivity contribution in [1.82, 2.24) is 19.7 Å². The Balaban J connectivity index is 1.91. The molecule has 0 aliphatic rings. The summed E-state index contributed by atoms with van der Waals surface area (Å²) in [5.74, 6) is 1.48. The second-order valence-electron chi connectivity index (χ2n) is 4.17. The first-order valence-electron chi connectivity index (χ1n) is 5.92. The van der Waals surface area contributed by atoms with Crippen molar-refractivity contribution in [2.45, 2.75) is 13.3 Å². The minimum absolute atomic E-state index is 0.638. The van der Waals surface area contributed by atoms with Crippen molar-refractivity contribution >= 4 is 11.8 Å². The predicted molar refractivity (Wildman–Crippen MR) is 71.7 cm³/mol. The van der Waals surface area contributed by atoms with Crippen LogP contribution >= 0.6 is 0 Å². The Morgan fingerprint density at radius 2 is 2.17 bits per heavy atom. The van der Waals surface area contributed by atoms with Gasteiger partial charge >= 0.3 is 0 Å². The summed E-state index contributed by atoms with van der Waals surface area (Å²) in [7, 11) is 3.73. The molecule has 2 heterocycles. The zero-order valence-electron chi connectivity index (χ0n) is 10.9. The summed E-state index contributed by atoms with van der Waals surface area (Å²) in [6, 6.07) is 1.93. The molecule has 0 saturated carbocycles. The van der Waals surface area contributed by atoms with Gasteiger partial charge in [0, 0.05) is 38.6 Å². The second kappa shape index (κ2) is 5.48. The van der Waals surface area contributed by atoms with Crippen molar-refractivity contribution in [2.75, 3.05) is 24.2 Å². The number of rotatable bonds is 5. The Morgan fingerprint density at radius 1 is 1.33 bits per heavy atom. The van der Waals surface area contributed by atoms with Gasteiger partial charge in [-0.1, -0.05) is 0 Å². The molecule has 96 valence electrons. The second-order valence-corrected chi connectivity index (χ2v) is 4.17. The molecule has 0 bridgehead atoms. The Labute approximate surface area is 106 Å². The molecule has 0 saturated heterocycles. The first-order chi connectivity index (χ1) is 8.67. The first kappa shape index (κ1) is 12.3. The van der Waals surface area contributed by atoms with E-state index < -0.39 is 0 Å². The SMILES string of the molecule is CNc1nc(C)cc(NCCc2cnn(C)c2)n1. The molecule has 0 spiro atoms. The third-order valence-corrected chi connectivity index (χ3v) is 2.56. The molecule has 0 atom stereocenters. The number of anilines is 2. The van der Waals surface area contributed by atoms with Crippen LogP contribution < -0.4 is 10.6 Å². The number of aryl methyl sites for hydroxylation is 2. The van der Waals surface area contributed by atoms with E-state index >= 15 is 0 Å². The topological polar surface area (TPSA) is 67.7 Å². The van der Waals surface area contributed by atoms with Gasteiger partial charge in [0.05, 0.1) is 6.20 Å². The number of hydrogen-bond donors (Lipinski definition) is 2. The average Bonchev–Trinajstić information content (AvgIpc) is 2.74. The maximum atomic E-state index is 4.33. The summed E-state index contributed by atoms with van der Waals surface area (Å²) in [6.45, 7) is 2.78. The summed E-state index contributed by atoms with van der Waals surface area (Å²) in [4.78, 5) is 8.58. The minimum Gasteiger partial charge on any atom is -0.370 e. The summed E-state index contributed by atoms with van der Waals surface area (Å²) in [5, 5.41) is 10.4. The minimum atomic E-state index is 0.638. The average molecular weight is 246 g/mol. The van der Waals surface area contributed by atoms with E-state index in [1.165, 1.54) is 5.56 Å². The van der Waals surface area contributed by atoms with Gasteiger partial charge < -0.3 is 10.6 Å². The summed E-state index contributed by atoms with van der Waals surface area (Å²) < 4.78 is 1.81. The number of nitrogens with zero attached hydrogens (tertiary/aromatic N) is 4. The van der Waals surface area contributed by atoms with Crippen LogP contribution in [0, 0.1) is 6.92 Å². The number of aromatic nitrogens is 4. The summed E-state index contributed by atoms with van der Waals surface area (Å²) in [5.41, 5.74) is 2.16. The van der Waals surface area contributed by atoms with Crippen LogP contribution in [-0.2, 0) is 13.5 Å². The van der Waals surface area contributed by atoms with E-state index in [0.29, 0.717) is 5.95 Å². The molecule has 0 aromatic carbocycles. The molecular weight excluding hydrogens is 228 g/mol. The number of hydrogen-bond acceptors (Lipinski definition) is 5. The van der Waals surface area contributed by atoms with E-state index in [4.69, 9.17) is 0 Å². The van der Waals surface area contributed by atoms with Crippen molar-refractivity contribution in [3.8, 4) is 0 Å². The van der Waals surface area contributed by atoms with Gasteiger partial charge in [-0.05, 0) is 18.9 Å².